The molecule has 0 aliphatic rings. The van der Waals surface area contributed by atoms with E-state index in [1.807, 2.05) is 0 Å². The first-order valence-corrected chi connectivity index (χ1v) is 6.92. The van der Waals surface area contributed by atoms with Crippen molar-refractivity contribution in [3.8, 4) is 0 Å². The predicted molar refractivity (Wildman–Crippen MR) is 76.6 cm³/mol. The van der Waals surface area contributed by atoms with E-state index in [0.717, 1.165) is 0 Å². The van der Waals surface area contributed by atoms with Gasteiger partial charge >= 0.3 is 0 Å². The highest BCUT2D eigenvalue weighted by Crippen LogP contribution is 2.24. The SMILES string of the molecule is COCCn1ncc(Br)c1C(=O)c1cccc(Cl)c1F. The summed E-state index contributed by atoms with van der Waals surface area (Å²) in [5.74, 6) is -1.21. The maximum atomic E-state index is 13.9. The first kappa shape index (κ1) is 15.2. The van der Waals surface area contributed by atoms with E-state index in [-0.39, 0.29) is 16.3 Å². The van der Waals surface area contributed by atoms with E-state index in [9.17, 15) is 9.18 Å². The minimum Gasteiger partial charge on any atom is -0.383 e. The molecule has 1 aromatic heterocycles. The lowest BCUT2D eigenvalue weighted by Gasteiger charge is -2.08. The molecule has 0 spiro atoms. The lowest BCUT2D eigenvalue weighted by atomic mass is 10.1. The van der Waals surface area contributed by atoms with Crippen LogP contribution in [0, 0.1) is 5.82 Å². The molecule has 0 aliphatic carbocycles. The molecule has 0 aliphatic heterocycles. The number of ether oxygens (including phenoxy) is 1. The molecule has 1 aromatic carbocycles. The molecule has 0 saturated heterocycles. The normalized spacial score (nSPS) is 10.8. The fourth-order valence-corrected chi connectivity index (χ4v) is 2.39. The highest BCUT2D eigenvalue weighted by Gasteiger charge is 2.22. The third-order valence-electron chi connectivity index (χ3n) is 2.71. The maximum absolute atomic E-state index is 13.9. The van der Waals surface area contributed by atoms with Gasteiger partial charge in [0.2, 0.25) is 5.78 Å². The van der Waals surface area contributed by atoms with Crippen LogP contribution in [-0.2, 0) is 11.3 Å². The number of hydrogen-bond acceptors (Lipinski definition) is 3. The second-order valence-electron chi connectivity index (χ2n) is 3.99. The largest absolute Gasteiger partial charge is 0.383 e. The van der Waals surface area contributed by atoms with Gasteiger partial charge in [-0.2, -0.15) is 5.10 Å². The first-order chi connectivity index (χ1) is 9.56. The number of benzene rings is 1. The van der Waals surface area contributed by atoms with Crippen molar-refractivity contribution in [2.24, 2.45) is 0 Å². The van der Waals surface area contributed by atoms with Crippen molar-refractivity contribution in [2.75, 3.05) is 13.7 Å². The molecule has 0 atom stereocenters. The molecule has 4 nitrogen and oxygen atoms in total. The molecule has 7 heteroatoms. The number of methoxy groups -OCH3 is 1. The van der Waals surface area contributed by atoms with Crippen LogP contribution in [-0.4, -0.2) is 29.3 Å². The third kappa shape index (κ3) is 2.92. The zero-order valence-corrected chi connectivity index (χ0v) is 12.9. The van der Waals surface area contributed by atoms with Gasteiger partial charge < -0.3 is 4.74 Å². The molecule has 106 valence electrons. The van der Waals surface area contributed by atoms with E-state index in [2.05, 4.69) is 21.0 Å². The third-order valence-corrected chi connectivity index (χ3v) is 3.59. The standard InChI is InChI=1S/C13H11BrClFN2O2/c1-20-6-5-18-12(9(14)7-17-18)13(19)8-3-2-4-10(15)11(8)16/h2-4,7H,5-6H2,1H3. The summed E-state index contributed by atoms with van der Waals surface area (Å²) < 4.78 is 20.9. The minimum atomic E-state index is -0.731. The van der Waals surface area contributed by atoms with Gasteiger partial charge in [0.1, 0.15) is 5.69 Å². The number of ketones is 1. The van der Waals surface area contributed by atoms with E-state index in [4.69, 9.17) is 16.3 Å². The Morgan fingerprint density at radius 2 is 2.30 bits per heavy atom. The van der Waals surface area contributed by atoms with Crippen molar-refractivity contribution in [3.63, 3.8) is 0 Å². The summed E-state index contributed by atoms with van der Waals surface area (Å²) in [5, 5.41) is 3.98. The summed E-state index contributed by atoms with van der Waals surface area (Å²) >= 11 is 8.95. The number of carbonyl (C=O) groups is 1. The molecule has 2 rings (SSSR count). The van der Waals surface area contributed by atoms with Crippen LogP contribution in [0.25, 0.3) is 0 Å². The molecule has 0 bridgehead atoms. The number of aromatic nitrogens is 2. The summed E-state index contributed by atoms with van der Waals surface area (Å²) in [6.45, 7) is 0.789. The zero-order chi connectivity index (χ0) is 14.7. The molecular formula is C13H11BrClFN2O2. The molecule has 0 unspecified atom stereocenters. The van der Waals surface area contributed by atoms with Crippen molar-refractivity contribution >= 4 is 33.3 Å². The van der Waals surface area contributed by atoms with Gasteiger partial charge in [-0.3, -0.25) is 9.48 Å². The van der Waals surface area contributed by atoms with Gasteiger partial charge in [-0.25, -0.2) is 4.39 Å². The van der Waals surface area contributed by atoms with E-state index < -0.39 is 11.6 Å². The van der Waals surface area contributed by atoms with Crippen LogP contribution in [0.1, 0.15) is 16.1 Å². The number of carbonyl (C=O) groups excluding carboxylic acids is 1. The van der Waals surface area contributed by atoms with Crippen LogP contribution in [0.15, 0.2) is 28.9 Å². The van der Waals surface area contributed by atoms with Gasteiger partial charge in [0.15, 0.2) is 5.82 Å². The summed E-state index contributed by atoms with van der Waals surface area (Å²) in [4.78, 5) is 12.5. The molecule has 0 amide bonds. The van der Waals surface area contributed by atoms with Gasteiger partial charge in [-0.15, -0.1) is 0 Å². The molecule has 1 heterocycles. The maximum Gasteiger partial charge on any atom is 0.215 e. The Hall–Kier alpha value is -1.24. The summed E-state index contributed by atoms with van der Waals surface area (Å²) in [6, 6.07) is 4.32. The van der Waals surface area contributed by atoms with E-state index in [1.54, 1.807) is 7.11 Å². The first-order valence-electron chi connectivity index (χ1n) is 5.75. The van der Waals surface area contributed by atoms with Gasteiger partial charge in [0.05, 0.1) is 34.4 Å². The molecule has 0 fully saturated rings. The minimum absolute atomic E-state index is 0.0858. The van der Waals surface area contributed by atoms with Crippen LogP contribution in [0.4, 0.5) is 4.39 Å². The summed E-state index contributed by atoms with van der Waals surface area (Å²) in [5.41, 5.74) is 0.181. The Balaban J connectivity index is 2.43. The number of halogens is 3. The number of nitrogens with zero attached hydrogens (tertiary/aromatic N) is 2. The summed E-state index contributed by atoms with van der Waals surface area (Å²) in [6.07, 6.45) is 1.49. The lowest BCUT2D eigenvalue weighted by molar-refractivity contribution is 0.102. The molecule has 0 N–H and O–H groups in total. The van der Waals surface area contributed by atoms with E-state index in [0.29, 0.717) is 17.6 Å². The van der Waals surface area contributed by atoms with Gasteiger partial charge in [-0.1, -0.05) is 17.7 Å². The fraction of sp³-hybridized carbons (Fsp3) is 0.231. The monoisotopic (exact) mass is 360 g/mol. The van der Waals surface area contributed by atoms with Crippen LogP contribution in [0.3, 0.4) is 0 Å². The van der Waals surface area contributed by atoms with Gasteiger partial charge in [-0.05, 0) is 28.1 Å². The quantitative estimate of drug-likeness (QED) is 0.768. The van der Waals surface area contributed by atoms with Crippen LogP contribution < -0.4 is 0 Å². The highest BCUT2D eigenvalue weighted by atomic mass is 79.9. The van der Waals surface area contributed by atoms with Crippen molar-refractivity contribution in [2.45, 2.75) is 6.54 Å². The van der Waals surface area contributed by atoms with E-state index >= 15 is 0 Å². The second kappa shape index (κ2) is 6.47. The molecular weight excluding hydrogens is 351 g/mol. The highest BCUT2D eigenvalue weighted by molar-refractivity contribution is 9.10. The van der Waals surface area contributed by atoms with Crippen molar-refractivity contribution in [3.05, 3.63) is 51.0 Å². The fourth-order valence-electron chi connectivity index (χ4n) is 1.74. The number of hydrogen-bond donors (Lipinski definition) is 0. The molecule has 0 radical (unpaired) electrons. The van der Waals surface area contributed by atoms with Gasteiger partial charge in [0, 0.05) is 7.11 Å². The molecule has 0 saturated carbocycles. The summed E-state index contributed by atoms with van der Waals surface area (Å²) in [7, 11) is 1.55. The zero-order valence-electron chi connectivity index (χ0n) is 10.6. The molecule has 2 aromatic rings. The average molecular weight is 362 g/mol. The van der Waals surface area contributed by atoms with Crippen LogP contribution in [0.5, 0.6) is 0 Å². The predicted octanol–water partition coefficient (Wildman–Crippen LogP) is 3.32. The van der Waals surface area contributed by atoms with Crippen LogP contribution in [0.2, 0.25) is 5.02 Å². The molecule has 20 heavy (non-hydrogen) atoms. The van der Waals surface area contributed by atoms with Crippen molar-refractivity contribution in [1.29, 1.82) is 0 Å². The average Bonchev–Trinajstić information content (AvgIpc) is 2.80. The Bertz CT molecular complexity index is 645. The Labute approximate surface area is 128 Å². The second-order valence-corrected chi connectivity index (χ2v) is 5.25. The van der Waals surface area contributed by atoms with E-state index in [1.165, 1.54) is 29.1 Å². The smallest absolute Gasteiger partial charge is 0.215 e. The van der Waals surface area contributed by atoms with Gasteiger partial charge in [0.25, 0.3) is 0 Å². The Morgan fingerprint density at radius 1 is 1.55 bits per heavy atom. The Kier molecular flexibility index (Phi) is 4.91. The lowest BCUT2D eigenvalue weighted by Crippen LogP contribution is -2.15. The van der Waals surface area contributed by atoms with Crippen molar-refractivity contribution in [1.82, 2.24) is 9.78 Å². The number of rotatable bonds is 5. The van der Waals surface area contributed by atoms with Crippen LogP contribution >= 0.6 is 27.5 Å². The van der Waals surface area contributed by atoms with Crippen molar-refractivity contribution < 1.29 is 13.9 Å². The topological polar surface area (TPSA) is 44.1 Å². The Morgan fingerprint density at radius 3 is 3.00 bits per heavy atom.